The Labute approximate surface area is 219 Å². The molecule has 1 fully saturated rings. The van der Waals surface area contributed by atoms with Crippen molar-refractivity contribution in [3.05, 3.63) is 76.3 Å². The lowest BCUT2D eigenvalue weighted by molar-refractivity contribution is 0.102. The summed E-state index contributed by atoms with van der Waals surface area (Å²) >= 11 is 6.48. The van der Waals surface area contributed by atoms with Crippen molar-refractivity contribution in [2.24, 2.45) is 0 Å². The fraction of sp³-hybridized carbons (Fsp3) is 0.333. The molecule has 4 aromatic rings. The number of aromatic nitrogens is 4. The van der Waals surface area contributed by atoms with Gasteiger partial charge in [-0.25, -0.2) is 14.4 Å². The Morgan fingerprint density at radius 2 is 2.00 bits per heavy atom. The van der Waals surface area contributed by atoms with Crippen molar-refractivity contribution in [1.29, 1.82) is 0 Å². The second kappa shape index (κ2) is 10.8. The highest BCUT2D eigenvalue weighted by Gasteiger charge is 2.17. The fourth-order valence-electron chi connectivity index (χ4n) is 4.53. The third-order valence-electron chi connectivity index (χ3n) is 6.59. The molecular formula is C27H29ClFN7O. The topological polar surface area (TPSA) is 88.0 Å². The molecule has 2 aromatic heterocycles. The maximum Gasteiger partial charge on any atom is 0.255 e. The number of rotatable bonds is 8. The summed E-state index contributed by atoms with van der Waals surface area (Å²) in [4.78, 5) is 24.1. The molecule has 1 amide bonds. The summed E-state index contributed by atoms with van der Waals surface area (Å²) in [7, 11) is 0. The minimum atomic E-state index is -0.434. The van der Waals surface area contributed by atoms with Gasteiger partial charge in [0.2, 0.25) is 5.65 Å². The van der Waals surface area contributed by atoms with Crippen molar-refractivity contribution in [1.82, 2.24) is 24.6 Å². The molecule has 0 unspecified atom stereocenters. The molecule has 0 radical (unpaired) electrons. The summed E-state index contributed by atoms with van der Waals surface area (Å²) < 4.78 is 16.5. The Bertz CT molecular complexity index is 1430. The molecule has 37 heavy (non-hydrogen) atoms. The zero-order chi connectivity index (χ0) is 25.9. The number of hydrogen-bond donors (Lipinski definition) is 2. The van der Waals surface area contributed by atoms with Crippen LogP contribution in [0, 0.1) is 5.82 Å². The van der Waals surface area contributed by atoms with E-state index in [0.717, 1.165) is 31.7 Å². The summed E-state index contributed by atoms with van der Waals surface area (Å²) in [5.74, 6) is -0.217. The number of carbonyl (C=O) groups is 1. The number of halogens is 2. The van der Waals surface area contributed by atoms with Gasteiger partial charge in [0.25, 0.3) is 5.91 Å². The zero-order valence-electron chi connectivity index (χ0n) is 20.8. The first-order valence-corrected chi connectivity index (χ1v) is 12.9. The van der Waals surface area contributed by atoms with E-state index in [4.69, 9.17) is 11.6 Å². The van der Waals surface area contributed by atoms with Crippen molar-refractivity contribution in [3.8, 4) is 0 Å². The number of nitrogens with one attached hydrogen (secondary N) is 2. The Morgan fingerprint density at radius 1 is 1.19 bits per heavy atom. The van der Waals surface area contributed by atoms with E-state index in [0.29, 0.717) is 38.8 Å². The summed E-state index contributed by atoms with van der Waals surface area (Å²) in [6, 6.07) is 9.42. The highest BCUT2D eigenvalue weighted by atomic mass is 35.5. The fourth-order valence-corrected chi connectivity index (χ4v) is 4.77. The SMILES string of the molecule is CCn1cc2ncc(N[C@@H](C)c3cc(NC(=O)c4ccc(CN5CCCC5)c(Cl)c4)ccc3F)nc2n1. The Hall–Kier alpha value is -3.56. The molecule has 8 nitrogen and oxygen atoms in total. The first-order valence-electron chi connectivity index (χ1n) is 12.5. The highest BCUT2D eigenvalue weighted by Crippen LogP contribution is 2.26. The number of anilines is 2. The number of amides is 1. The monoisotopic (exact) mass is 521 g/mol. The molecule has 1 atom stereocenters. The van der Waals surface area contributed by atoms with Gasteiger partial charge < -0.3 is 10.6 Å². The van der Waals surface area contributed by atoms with Crippen LogP contribution in [0.5, 0.6) is 0 Å². The van der Waals surface area contributed by atoms with Gasteiger partial charge in [0.05, 0.1) is 18.4 Å². The lowest BCUT2D eigenvalue weighted by Crippen LogP contribution is -2.19. The van der Waals surface area contributed by atoms with Crippen molar-refractivity contribution in [2.45, 2.75) is 45.8 Å². The van der Waals surface area contributed by atoms with E-state index in [1.807, 2.05) is 26.1 Å². The minimum absolute atomic E-state index is 0.310. The smallest absolute Gasteiger partial charge is 0.255 e. The predicted molar refractivity (Wildman–Crippen MR) is 143 cm³/mol. The Kier molecular flexibility index (Phi) is 7.34. The summed E-state index contributed by atoms with van der Waals surface area (Å²) in [5.41, 5.74) is 3.54. The maximum atomic E-state index is 14.7. The molecule has 0 aliphatic carbocycles. The number of benzene rings is 2. The first kappa shape index (κ1) is 25.1. The molecule has 2 aromatic carbocycles. The minimum Gasteiger partial charge on any atom is -0.362 e. The Balaban J connectivity index is 1.27. The van der Waals surface area contributed by atoms with Crippen LogP contribution in [0.15, 0.2) is 48.8 Å². The summed E-state index contributed by atoms with van der Waals surface area (Å²) in [6.07, 6.45) is 5.84. The molecule has 0 bridgehead atoms. The second-order valence-corrected chi connectivity index (χ2v) is 9.70. The molecule has 5 rings (SSSR count). The molecule has 192 valence electrons. The molecule has 0 saturated carbocycles. The van der Waals surface area contributed by atoms with Gasteiger partial charge in [0.15, 0.2) is 0 Å². The molecule has 10 heteroatoms. The number of fused-ring (bicyclic) bond motifs is 1. The number of hydrogen-bond acceptors (Lipinski definition) is 6. The third kappa shape index (κ3) is 5.73. The van der Waals surface area contributed by atoms with Crippen molar-refractivity contribution in [2.75, 3.05) is 23.7 Å². The first-order chi connectivity index (χ1) is 17.9. The number of likely N-dealkylation sites (tertiary alicyclic amines) is 1. The van der Waals surface area contributed by atoms with E-state index in [1.54, 1.807) is 29.1 Å². The van der Waals surface area contributed by atoms with E-state index < -0.39 is 11.9 Å². The second-order valence-electron chi connectivity index (χ2n) is 9.29. The van der Waals surface area contributed by atoms with Gasteiger partial charge in [0.1, 0.15) is 17.2 Å². The van der Waals surface area contributed by atoms with Gasteiger partial charge in [-0.15, -0.1) is 0 Å². The highest BCUT2D eigenvalue weighted by molar-refractivity contribution is 6.31. The van der Waals surface area contributed by atoms with Gasteiger partial charge in [-0.05, 0) is 75.7 Å². The molecule has 1 aliphatic rings. The predicted octanol–water partition coefficient (Wildman–Crippen LogP) is 5.66. The van der Waals surface area contributed by atoms with Crippen LogP contribution in [0.25, 0.3) is 11.2 Å². The van der Waals surface area contributed by atoms with Crippen LogP contribution < -0.4 is 10.6 Å². The standard InChI is InChI=1S/C27H29ClFN7O/c1-3-36-16-24-26(34-36)33-25(14-30-24)31-17(2)21-13-20(8-9-23(21)29)32-27(37)18-6-7-19(22(28)12-18)15-35-10-4-5-11-35/h6-9,12-14,16-17H,3-5,10-11,15H2,1-2H3,(H,32,37)(H,31,33,34)/t17-/m0/s1. The van der Waals surface area contributed by atoms with Crippen LogP contribution in [-0.4, -0.2) is 43.6 Å². The maximum absolute atomic E-state index is 14.7. The normalized spacial score (nSPS) is 14.7. The number of carbonyl (C=O) groups excluding carboxylic acids is 1. The molecule has 3 heterocycles. The van der Waals surface area contributed by atoms with Crippen LogP contribution in [0.2, 0.25) is 5.02 Å². The molecule has 1 saturated heterocycles. The van der Waals surface area contributed by atoms with Crippen LogP contribution in [-0.2, 0) is 13.1 Å². The zero-order valence-corrected chi connectivity index (χ0v) is 21.6. The Morgan fingerprint density at radius 3 is 2.76 bits per heavy atom. The van der Waals surface area contributed by atoms with Crippen molar-refractivity contribution < 1.29 is 9.18 Å². The van der Waals surface area contributed by atoms with Crippen LogP contribution >= 0.6 is 11.6 Å². The van der Waals surface area contributed by atoms with Gasteiger partial charge >= 0.3 is 0 Å². The van der Waals surface area contributed by atoms with Crippen molar-refractivity contribution in [3.63, 3.8) is 0 Å². The molecule has 1 aliphatic heterocycles. The van der Waals surface area contributed by atoms with E-state index >= 15 is 0 Å². The average Bonchev–Trinajstić information content (AvgIpc) is 3.55. The van der Waals surface area contributed by atoms with E-state index in [2.05, 4.69) is 30.6 Å². The molecular weight excluding hydrogens is 493 g/mol. The largest absolute Gasteiger partial charge is 0.362 e. The van der Waals surface area contributed by atoms with Crippen molar-refractivity contribution >= 4 is 40.2 Å². The number of aryl methyl sites for hydroxylation is 1. The van der Waals surface area contributed by atoms with Crippen LogP contribution in [0.4, 0.5) is 15.9 Å². The average molecular weight is 522 g/mol. The van der Waals surface area contributed by atoms with E-state index in [1.165, 1.54) is 25.0 Å². The van der Waals surface area contributed by atoms with Gasteiger partial charge in [-0.2, -0.15) is 5.10 Å². The lowest BCUT2D eigenvalue weighted by Gasteiger charge is -2.17. The van der Waals surface area contributed by atoms with Crippen LogP contribution in [0.1, 0.15) is 54.2 Å². The lowest BCUT2D eigenvalue weighted by atomic mass is 10.1. The van der Waals surface area contributed by atoms with Gasteiger partial charge in [0, 0.05) is 34.9 Å². The summed E-state index contributed by atoms with van der Waals surface area (Å²) in [5, 5.41) is 11.0. The van der Waals surface area contributed by atoms with Crippen LogP contribution in [0.3, 0.4) is 0 Å². The number of nitrogens with zero attached hydrogens (tertiary/aromatic N) is 5. The van der Waals surface area contributed by atoms with E-state index in [9.17, 15) is 9.18 Å². The molecule has 0 spiro atoms. The third-order valence-corrected chi connectivity index (χ3v) is 6.94. The van der Waals surface area contributed by atoms with Gasteiger partial charge in [-0.1, -0.05) is 17.7 Å². The molecule has 2 N–H and O–H groups in total. The summed E-state index contributed by atoms with van der Waals surface area (Å²) in [6.45, 7) is 7.45. The van der Waals surface area contributed by atoms with E-state index in [-0.39, 0.29) is 5.91 Å². The van der Waals surface area contributed by atoms with Gasteiger partial charge in [-0.3, -0.25) is 14.4 Å². The quantitative estimate of drug-likeness (QED) is 0.311.